The van der Waals surface area contributed by atoms with Crippen molar-refractivity contribution in [1.82, 2.24) is 25.3 Å². The number of hydrogen-bond donors (Lipinski definition) is 3. The number of aryl methyl sites for hydroxylation is 1. The van der Waals surface area contributed by atoms with Crippen molar-refractivity contribution in [2.75, 3.05) is 5.32 Å². The van der Waals surface area contributed by atoms with Crippen LogP contribution in [0.15, 0.2) is 30.5 Å². The molecule has 3 N–H and O–H groups in total. The van der Waals surface area contributed by atoms with Gasteiger partial charge in [-0.25, -0.2) is 4.79 Å². The summed E-state index contributed by atoms with van der Waals surface area (Å²) < 4.78 is 7.37. The zero-order valence-electron chi connectivity index (χ0n) is 16.4. The highest BCUT2D eigenvalue weighted by Crippen LogP contribution is 2.36. The van der Waals surface area contributed by atoms with Crippen LogP contribution in [-0.2, 0) is 11.8 Å². The monoisotopic (exact) mass is 382 g/mol. The van der Waals surface area contributed by atoms with E-state index in [-0.39, 0.29) is 18.2 Å². The van der Waals surface area contributed by atoms with Crippen LogP contribution in [0, 0.1) is 0 Å². The first-order chi connectivity index (χ1) is 13.5. The van der Waals surface area contributed by atoms with E-state index in [1.165, 1.54) is 0 Å². The maximum Gasteiger partial charge on any atom is 0.407 e. The van der Waals surface area contributed by atoms with E-state index in [0.717, 1.165) is 47.4 Å². The molecule has 2 unspecified atom stereocenters. The van der Waals surface area contributed by atoms with Gasteiger partial charge in [0.2, 0.25) is 0 Å². The second-order valence-corrected chi connectivity index (χ2v) is 7.68. The molecule has 1 amide bonds. The van der Waals surface area contributed by atoms with E-state index >= 15 is 0 Å². The molecule has 1 aliphatic rings. The van der Waals surface area contributed by atoms with Crippen LogP contribution in [0.3, 0.4) is 0 Å². The summed E-state index contributed by atoms with van der Waals surface area (Å²) in [6, 6.07) is 8.18. The highest BCUT2D eigenvalue weighted by atomic mass is 16.6. The number of fused-ring (bicyclic) bond motifs is 1. The maximum atomic E-state index is 11.8. The Kier molecular flexibility index (Phi) is 4.93. The standard InChI is InChI=1S/C20H26N6O2/c1-12(2)22-20(27)28-15-8-7-13(9-15)17-10-18(25-24-17)23-16-6-4-5-14-11-21-26(3)19(14)16/h4-6,10-13,15H,7-9H2,1-3H3,(H,22,27)(H2,23,24,25). The van der Waals surface area contributed by atoms with Gasteiger partial charge in [-0.2, -0.15) is 10.2 Å². The molecule has 0 spiro atoms. The Balaban J connectivity index is 1.41. The molecule has 1 aromatic carbocycles. The lowest BCUT2D eigenvalue weighted by atomic mass is 10.0. The molecule has 8 nitrogen and oxygen atoms in total. The summed E-state index contributed by atoms with van der Waals surface area (Å²) in [5, 5.41) is 19.1. The van der Waals surface area contributed by atoms with Crippen molar-refractivity contribution < 1.29 is 9.53 Å². The summed E-state index contributed by atoms with van der Waals surface area (Å²) in [6.45, 7) is 3.84. The lowest BCUT2D eigenvalue weighted by Crippen LogP contribution is -2.33. The number of ether oxygens (including phenoxy) is 1. The van der Waals surface area contributed by atoms with E-state index < -0.39 is 0 Å². The van der Waals surface area contributed by atoms with E-state index in [1.807, 2.05) is 56.0 Å². The lowest BCUT2D eigenvalue weighted by molar-refractivity contribution is 0.0981. The van der Waals surface area contributed by atoms with Crippen molar-refractivity contribution in [1.29, 1.82) is 0 Å². The SMILES string of the molecule is CC(C)NC(=O)OC1CCC(c2cc(Nc3cccc4cnn(C)c34)n[nH]2)C1. The fraction of sp³-hybridized carbons (Fsp3) is 0.450. The number of hydrogen-bond acceptors (Lipinski definition) is 5. The van der Waals surface area contributed by atoms with Crippen LogP contribution in [-0.4, -0.2) is 38.2 Å². The Labute approximate surface area is 163 Å². The molecule has 4 rings (SSSR count). The van der Waals surface area contributed by atoms with Gasteiger partial charge in [-0.05, 0) is 39.2 Å². The normalized spacial score (nSPS) is 19.3. The summed E-state index contributed by atoms with van der Waals surface area (Å²) in [7, 11) is 1.93. The topological polar surface area (TPSA) is 96.9 Å². The summed E-state index contributed by atoms with van der Waals surface area (Å²) in [6.07, 6.45) is 4.11. The van der Waals surface area contributed by atoms with Gasteiger partial charge < -0.3 is 15.4 Å². The molecule has 148 valence electrons. The number of H-pyrrole nitrogens is 1. The minimum Gasteiger partial charge on any atom is -0.446 e. The number of rotatable bonds is 5. The smallest absolute Gasteiger partial charge is 0.407 e. The van der Waals surface area contributed by atoms with Crippen LogP contribution in [0.25, 0.3) is 10.9 Å². The highest BCUT2D eigenvalue weighted by Gasteiger charge is 2.30. The van der Waals surface area contributed by atoms with Gasteiger partial charge in [-0.1, -0.05) is 12.1 Å². The van der Waals surface area contributed by atoms with Gasteiger partial charge in [-0.3, -0.25) is 9.78 Å². The molecule has 2 aromatic heterocycles. The number of aromatic amines is 1. The van der Waals surface area contributed by atoms with E-state index in [0.29, 0.717) is 5.92 Å². The molecular formula is C20H26N6O2. The molecule has 0 saturated heterocycles. The molecule has 1 saturated carbocycles. The molecule has 3 aromatic rings. The fourth-order valence-corrected chi connectivity index (χ4v) is 3.83. The third-order valence-corrected chi connectivity index (χ3v) is 5.13. The molecule has 0 radical (unpaired) electrons. The lowest BCUT2D eigenvalue weighted by Gasteiger charge is -2.14. The first-order valence-corrected chi connectivity index (χ1v) is 9.70. The molecule has 2 atom stereocenters. The van der Waals surface area contributed by atoms with Crippen LogP contribution >= 0.6 is 0 Å². The van der Waals surface area contributed by atoms with E-state index in [9.17, 15) is 4.79 Å². The van der Waals surface area contributed by atoms with Gasteiger partial charge in [0, 0.05) is 36.2 Å². The zero-order chi connectivity index (χ0) is 19.7. The molecule has 2 heterocycles. The highest BCUT2D eigenvalue weighted by molar-refractivity contribution is 5.92. The van der Waals surface area contributed by atoms with Gasteiger partial charge in [0.25, 0.3) is 0 Å². The van der Waals surface area contributed by atoms with Gasteiger partial charge in [0.1, 0.15) is 6.10 Å². The molecule has 1 aliphatic carbocycles. The number of aromatic nitrogens is 4. The Morgan fingerprint density at radius 1 is 1.36 bits per heavy atom. The van der Waals surface area contributed by atoms with Crippen LogP contribution in [0.4, 0.5) is 16.3 Å². The fourth-order valence-electron chi connectivity index (χ4n) is 3.83. The maximum absolute atomic E-state index is 11.8. The number of nitrogens with zero attached hydrogens (tertiary/aromatic N) is 3. The first kappa shape index (κ1) is 18.3. The van der Waals surface area contributed by atoms with Crippen molar-refractivity contribution in [3.63, 3.8) is 0 Å². The van der Waals surface area contributed by atoms with Crippen molar-refractivity contribution in [3.8, 4) is 0 Å². The van der Waals surface area contributed by atoms with Gasteiger partial charge in [0.15, 0.2) is 5.82 Å². The Hall–Kier alpha value is -3.03. The number of carbonyl (C=O) groups excluding carboxylic acids is 1. The molecule has 0 aliphatic heterocycles. The summed E-state index contributed by atoms with van der Waals surface area (Å²) >= 11 is 0. The number of anilines is 2. The number of amides is 1. The third-order valence-electron chi connectivity index (χ3n) is 5.13. The molecule has 8 heteroatoms. The quantitative estimate of drug-likeness (QED) is 0.623. The number of benzene rings is 1. The average molecular weight is 382 g/mol. The number of carbonyl (C=O) groups is 1. The Morgan fingerprint density at radius 3 is 3.04 bits per heavy atom. The Morgan fingerprint density at radius 2 is 2.21 bits per heavy atom. The third kappa shape index (κ3) is 3.81. The molecule has 1 fully saturated rings. The van der Waals surface area contributed by atoms with Crippen molar-refractivity contribution in [2.45, 2.75) is 51.2 Å². The van der Waals surface area contributed by atoms with Crippen LogP contribution in [0.5, 0.6) is 0 Å². The van der Waals surface area contributed by atoms with E-state index in [1.54, 1.807) is 0 Å². The largest absolute Gasteiger partial charge is 0.446 e. The van der Waals surface area contributed by atoms with Crippen LogP contribution in [0.2, 0.25) is 0 Å². The zero-order valence-corrected chi connectivity index (χ0v) is 16.4. The Bertz CT molecular complexity index is 976. The number of para-hydroxylation sites is 1. The van der Waals surface area contributed by atoms with E-state index in [2.05, 4.69) is 25.9 Å². The van der Waals surface area contributed by atoms with Crippen molar-refractivity contribution in [2.24, 2.45) is 7.05 Å². The van der Waals surface area contributed by atoms with Crippen LogP contribution < -0.4 is 10.6 Å². The van der Waals surface area contributed by atoms with Crippen molar-refractivity contribution >= 4 is 28.5 Å². The van der Waals surface area contributed by atoms with Gasteiger partial charge in [0.05, 0.1) is 17.4 Å². The average Bonchev–Trinajstić information content (AvgIpc) is 3.35. The van der Waals surface area contributed by atoms with E-state index in [4.69, 9.17) is 4.74 Å². The predicted octanol–water partition coefficient (Wildman–Crippen LogP) is 3.81. The second-order valence-electron chi connectivity index (χ2n) is 7.68. The minimum absolute atomic E-state index is 0.0494. The van der Waals surface area contributed by atoms with Crippen molar-refractivity contribution in [3.05, 3.63) is 36.2 Å². The number of nitrogens with one attached hydrogen (secondary N) is 3. The van der Waals surface area contributed by atoms with Gasteiger partial charge >= 0.3 is 6.09 Å². The molecule has 0 bridgehead atoms. The first-order valence-electron chi connectivity index (χ1n) is 9.70. The second kappa shape index (κ2) is 7.53. The van der Waals surface area contributed by atoms with Gasteiger partial charge in [-0.15, -0.1) is 0 Å². The molecular weight excluding hydrogens is 356 g/mol. The minimum atomic E-state index is -0.336. The van der Waals surface area contributed by atoms with Crippen LogP contribution in [0.1, 0.15) is 44.7 Å². The summed E-state index contributed by atoms with van der Waals surface area (Å²) in [5.74, 6) is 1.08. The summed E-state index contributed by atoms with van der Waals surface area (Å²) in [4.78, 5) is 11.8. The predicted molar refractivity (Wildman–Crippen MR) is 108 cm³/mol. The summed E-state index contributed by atoms with van der Waals surface area (Å²) in [5.41, 5.74) is 3.07. The number of alkyl carbamates (subject to hydrolysis) is 1. The molecule has 28 heavy (non-hydrogen) atoms.